The van der Waals surface area contributed by atoms with Gasteiger partial charge in [0.1, 0.15) is 5.65 Å². The molecule has 4 heterocycles. The molecule has 1 aliphatic heterocycles. The largest absolute Gasteiger partial charge is 0.346 e. The van der Waals surface area contributed by atoms with Crippen molar-refractivity contribution < 1.29 is 1.43 Å². The van der Waals surface area contributed by atoms with Crippen molar-refractivity contribution in [3.05, 3.63) is 78.8 Å². The van der Waals surface area contributed by atoms with Gasteiger partial charge in [-0.15, -0.1) is 0 Å². The number of hydrogen-bond acceptors (Lipinski definition) is 4. The smallest absolute Gasteiger partial charge is 0.137 e. The van der Waals surface area contributed by atoms with Gasteiger partial charge in [0, 0.05) is 73.6 Å². The van der Waals surface area contributed by atoms with Gasteiger partial charge in [0.15, 0.2) is 0 Å². The summed E-state index contributed by atoms with van der Waals surface area (Å²) in [5, 5.41) is 2.30. The van der Waals surface area contributed by atoms with Crippen LogP contribution in [0.5, 0.6) is 0 Å². The first-order chi connectivity index (χ1) is 16.1. The number of benzene rings is 1. The summed E-state index contributed by atoms with van der Waals surface area (Å²) >= 11 is 0. The second-order valence-corrected chi connectivity index (χ2v) is 9.58. The van der Waals surface area contributed by atoms with Crippen LogP contribution in [0.15, 0.2) is 73.2 Å². The van der Waals surface area contributed by atoms with Gasteiger partial charge in [0.05, 0.1) is 5.52 Å². The van der Waals surface area contributed by atoms with Crippen LogP contribution in [0.4, 0.5) is 0 Å². The molecule has 4 aromatic rings. The van der Waals surface area contributed by atoms with Crippen molar-refractivity contribution in [2.75, 3.05) is 33.2 Å². The third-order valence-electron chi connectivity index (χ3n) is 7.36. The molecule has 33 heavy (non-hydrogen) atoms. The number of nitrogens with zero attached hydrogens (tertiary/aromatic N) is 4. The zero-order valence-corrected chi connectivity index (χ0v) is 19.3. The second-order valence-electron chi connectivity index (χ2n) is 9.58. The lowest BCUT2D eigenvalue weighted by atomic mass is 9.86. The highest BCUT2D eigenvalue weighted by Crippen LogP contribution is 2.35. The number of likely N-dealkylation sites (N-methyl/N-ethyl adjacent to an activating group) is 1. The van der Waals surface area contributed by atoms with Crippen LogP contribution in [0.3, 0.4) is 0 Å². The number of fused-ring (bicyclic) bond motifs is 2. The van der Waals surface area contributed by atoms with E-state index in [2.05, 4.69) is 88.5 Å². The van der Waals surface area contributed by atoms with Gasteiger partial charge in [-0.1, -0.05) is 30.4 Å². The molecule has 1 saturated heterocycles. The van der Waals surface area contributed by atoms with E-state index in [4.69, 9.17) is 4.98 Å². The number of piperazine rings is 1. The molecule has 0 bridgehead atoms. The molecule has 0 spiro atoms. The van der Waals surface area contributed by atoms with Gasteiger partial charge in [-0.2, -0.15) is 0 Å². The zero-order valence-electron chi connectivity index (χ0n) is 19.3. The van der Waals surface area contributed by atoms with E-state index in [1.165, 1.54) is 22.3 Å². The summed E-state index contributed by atoms with van der Waals surface area (Å²) in [6, 6.07) is 12.8. The van der Waals surface area contributed by atoms with Crippen LogP contribution >= 0.6 is 0 Å². The Morgan fingerprint density at radius 2 is 1.91 bits per heavy atom. The van der Waals surface area contributed by atoms with Gasteiger partial charge in [0.25, 0.3) is 0 Å². The maximum atomic E-state index is 4.74. The molecule has 0 amide bonds. The Hall–Kier alpha value is -3.28. The van der Waals surface area contributed by atoms with Crippen molar-refractivity contribution in [2.45, 2.75) is 18.9 Å². The number of rotatable bonds is 3. The standard InChI is InChI=1S/C28H29N5.H2/c1-28(33-14-12-32(2)13-15-33)9-7-20(8-10-28)23-17-24-25(19-31-27(24)30-18-23)21-5-6-26-22(16-21)4-3-11-29-26;/h3-9,11,16-19H,10,12-15H2,1-2H3,(H,30,31);1H. The average Bonchev–Trinajstić information content (AvgIpc) is 3.28. The van der Waals surface area contributed by atoms with Crippen LogP contribution in [0.1, 0.15) is 20.3 Å². The van der Waals surface area contributed by atoms with Crippen LogP contribution in [0.25, 0.3) is 38.6 Å². The molecular formula is C28H31N5. The highest BCUT2D eigenvalue weighted by atomic mass is 15.3. The number of hydrogen-bond donors (Lipinski definition) is 1. The molecule has 1 fully saturated rings. The Kier molecular flexibility index (Phi) is 4.89. The normalized spacial score (nSPS) is 22.2. The maximum Gasteiger partial charge on any atom is 0.137 e. The molecule has 5 heteroatoms. The van der Waals surface area contributed by atoms with Crippen molar-refractivity contribution >= 4 is 27.5 Å². The average molecular weight is 438 g/mol. The quantitative estimate of drug-likeness (QED) is 0.468. The molecule has 6 rings (SSSR count). The van der Waals surface area contributed by atoms with Gasteiger partial charge in [-0.05, 0) is 55.8 Å². The summed E-state index contributed by atoms with van der Waals surface area (Å²) in [5.41, 5.74) is 6.81. The lowest BCUT2D eigenvalue weighted by Gasteiger charge is -2.44. The van der Waals surface area contributed by atoms with Gasteiger partial charge in [0.2, 0.25) is 0 Å². The predicted octanol–water partition coefficient (Wildman–Crippen LogP) is 5.37. The molecule has 0 saturated carbocycles. The monoisotopic (exact) mass is 437 g/mol. The SMILES string of the molecule is CN1CCN(C2(C)C=CC(c3cnc4[nH]cc(-c5ccc6ncccc6c5)c4c3)=CC2)CC1.[HH]. The Labute approximate surface area is 195 Å². The Morgan fingerprint density at radius 3 is 2.73 bits per heavy atom. The molecule has 1 aliphatic carbocycles. The van der Waals surface area contributed by atoms with Crippen LogP contribution in [-0.2, 0) is 0 Å². The molecule has 3 aromatic heterocycles. The number of pyridine rings is 2. The number of H-pyrrole nitrogens is 1. The van der Waals surface area contributed by atoms with Gasteiger partial charge < -0.3 is 9.88 Å². The highest BCUT2D eigenvalue weighted by molar-refractivity contribution is 5.97. The Balaban J connectivity index is 0.00000241. The molecule has 2 aliphatic rings. The fourth-order valence-corrected chi connectivity index (χ4v) is 5.13. The minimum Gasteiger partial charge on any atom is -0.346 e. The third kappa shape index (κ3) is 3.67. The van der Waals surface area contributed by atoms with E-state index >= 15 is 0 Å². The van der Waals surface area contributed by atoms with Gasteiger partial charge >= 0.3 is 0 Å². The second kappa shape index (κ2) is 7.94. The number of nitrogens with one attached hydrogen (secondary N) is 1. The van der Waals surface area contributed by atoms with Gasteiger partial charge in [-0.3, -0.25) is 9.88 Å². The molecule has 1 atom stereocenters. The summed E-state index contributed by atoms with van der Waals surface area (Å²) in [4.78, 5) is 17.6. The first-order valence-corrected chi connectivity index (χ1v) is 11.7. The van der Waals surface area contributed by atoms with E-state index in [0.29, 0.717) is 0 Å². The van der Waals surface area contributed by atoms with Crippen LogP contribution in [0, 0.1) is 0 Å². The van der Waals surface area contributed by atoms with Crippen LogP contribution < -0.4 is 0 Å². The van der Waals surface area contributed by atoms with Gasteiger partial charge in [-0.25, -0.2) is 4.98 Å². The fraction of sp³-hybridized carbons (Fsp3) is 0.286. The van der Waals surface area contributed by atoms with Crippen molar-refractivity contribution in [3.63, 3.8) is 0 Å². The molecular weight excluding hydrogens is 406 g/mol. The topological polar surface area (TPSA) is 48.0 Å². The van der Waals surface area contributed by atoms with E-state index in [9.17, 15) is 0 Å². The molecule has 1 unspecified atom stereocenters. The molecule has 5 nitrogen and oxygen atoms in total. The summed E-state index contributed by atoms with van der Waals surface area (Å²) in [7, 11) is 2.21. The highest BCUT2D eigenvalue weighted by Gasteiger charge is 2.32. The summed E-state index contributed by atoms with van der Waals surface area (Å²) < 4.78 is 0. The van der Waals surface area contributed by atoms with Crippen LogP contribution in [-0.4, -0.2) is 63.5 Å². The Bertz CT molecular complexity index is 1400. The number of aromatic amines is 1. The lowest BCUT2D eigenvalue weighted by Crippen LogP contribution is -2.54. The lowest BCUT2D eigenvalue weighted by molar-refractivity contribution is 0.0804. The predicted molar refractivity (Wildman–Crippen MR) is 138 cm³/mol. The first-order valence-electron chi connectivity index (χ1n) is 11.7. The Morgan fingerprint density at radius 1 is 1.03 bits per heavy atom. The summed E-state index contributed by atoms with van der Waals surface area (Å²) in [5.74, 6) is 0. The number of aromatic nitrogens is 3. The molecule has 1 N–H and O–H groups in total. The fourth-order valence-electron chi connectivity index (χ4n) is 5.13. The molecule has 0 radical (unpaired) electrons. The molecule has 1 aromatic carbocycles. The summed E-state index contributed by atoms with van der Waals surface area (Å²) in [6.07, 6.45) is 14.0. The molecule has 168 valence electrons. The minimum absolute atomic E-state index is 0. The van der Waals surface area contributed by atoms with E-state index in [0.717, 1.165) is 54.5 Å². The van der Waals surface area contributed by atoms with E-state index in [1.54, 1.807) is 0 Å². The van der Waals surface area contributed by atoms with E-state index in [1.807, 2.05) is 18.5 Å². The van der Waals surface area contributed by atoms with E-state index < -0.39 is 0 Å². The first kappa shape index (κ1) is 20.3. The number of allylic oxidation sites excluding steroid dienone is 2. The van der Waals surface area contributed by atoms with Crippen molar-refractivity contribution in [3.8, 4) is 11.1 Å². The maximum absolute atomic E-state index is 4.74. The summed E-state index contributed by atoms with van der Waals surface area (Å²) in [6.45, 7) is 6.90. The van der Waals surface area contributed by atoms with Crippen molar-refractivity contribution in [2.24, 2.45) is 0 Å². The van der Waals surface area contributed by atoms with Crippen LogP contribution in [0.2, 0.25) is 0 Å². The third-order valence-corrected chi connectivity index (χ3v) is 7.36. The minimum atomic E-state index is 0. The van der Waals surface area contributed by atoms with Crippen molar-refractivity contribution in [1.82, 2.24) is 24.8 Å². The van der Waals surface area contributed by atoms with Crippen molar-refractivity contribution in [1.29, 1.82) is 0 Å². The van der Waals surface area contributed by atoms with E-state index in [-0.39, 0.29) is 6.97 Å². The zero-order chi connectivity index (χ0) is 22.4.